The van der Waals surface area contributed by atoms with E-state index in [9.17, 15) is 0 Å². The van der Waals surface area contributed by atoms with E-state index in [-0.39, 0.29) is 0 Å². The lowest BCUT2D eigenvalue weighted by Gasteiger charge is -2.11. The number of ether oxygens (including phenoxy) is 2. The molecule has 0 fully saturated rings. The van der Waals surface area contributed by atoms with E-state index in [0.717, 1.165) is 0 Å². The second-order valence-electron chi connectivity index (χ2n) is 3.39. The minimum atomic E-state index is 0.506. The second-order valence-corrected chi connectivity index (χ2v) is 4.21. The number of methoxy groups -OCH3 is 1. The normalized spacial score (nSPS) is 10.5. The van der Waals surface area contributed by atoms with Crippen molar-refractivity contribution in [3.8, 4) is 0 Å². The highest BCUT2D eigenvalue weighted by atomic mass is 35.5. The summed E-state index contributed by atoms with van der Waals surface area (Å²) < 4.78 is 10.2. The molecule has 0 aliphatic rings. The molecule has 0 bridgehead atoms. The Labute approximate surface area is 111 Å². The number of rotatable bonds is 7. The first kappa shape index (κ1) is 14.4. The molecule has 0 radical (unpaired) electrons. The summed E-state index contributed by atoms with van der Waals surface area (Å²) in [7, 11) is 1.63. The van der Waals surface area contributed by atoms with Gasteiger partial charge in [-0.15, -0.1) is 0 Å². The summed E-state index contributed by atoms with van der Waals surface area (Å²) in [5.41, 5.74) is 6.82. The van der Waals surface area contributed by atoms with Crippen LogP contribution < -0.4 is 11.1 Å². The monoisotopic (exact) mass is 278 g/mol. The van der Waals surface area contributed by atoms with Gasteiger partial charge in [0.15, 0.2) is 0 Å². The zero-order valence-electron chi connectivity index (χ0n) is 9.63. The molecular weight excluding hydrogens is 263 g/mol. The lowest BCUT2D eigenvalue weighted by atomic mass is 10.3. The highest BCUT2D eigenvalue weighted by molar-refractivity contribution is 6.39. The molecule has 17 heavy (non-hydrogen) atoms. The van der Waals surface area contributed by atoms with Crippen LogP contribution in [-0.2, 0) is 9.47 Å². The first-order valence-corrected chi connectivity index (χ1v) is 5.96. The molecule has 1 aromatic rings. The predicted molar refractivity (Wildman–Crippen MR) is 72.1 cm³/mol. The van der Waals surface area contributed by atoms with Gasteiger partial charge >= 0.3 is 0 Å². The van der Waals surface area contributed by atoms with Gasteiger partial charge in [0.05, 0.1) is 35.6 Å². The number of nitrogens with two attached hydrogens (primary N) is 1. The lowest BCUT2D eigenvalue weighted by molar-refractivity contribution is 0.0759. The molecule has 3 N–H and O–H groups in total. The van der Waals surface area contributed by atoms with Crippen molar-refractivity contribution < 1.29 is 9.47 Å². The van der Waals surface area contributed by atoms with Crippen molar-refractivity contribution in [3.63, 3.8) is 0 Å². The number of nitrogen functional groups attached to an aromatic ring is 1. The zero-order chi connectivity index (χ0) is 12.7. The van der Waals surface area contributed by atoms with Gasteiger partial charge in [-0.1, -0.05) is 23.2 Å². The Morgan fingerprint density at radius 3 is 2.41 bits per heavy atom. The van der Waals surface area contributed by atoms with Gasteiger partial charge in [-0.25, -0.2) is 0 Å². The van der Waals surface area contributed by atoms with Crippen LogP contribution in [0.4, 0.5) is 11.4 Å². The molecule has 4 nitrogen and oxygen atoms in total. The van der Waals surface area contributed by atoms with Crippen molar-refractivity contribution >= 4 is 34.6 Å². The zero-order valence-corrected chi connectivity index (χ0v) is 11.1. The summed E-state index contributed by atoms with van der Waals surface area (Å²) in [5.74, 6) is 0. The van der Waals surface area contributed by atoms with Crippen LogP contribution in [0.15, 0.2) is 12.1 Å². The van der Waals surface area contributed by atoms with Crippen molar-refractivity contribution in [3.05, 3.63) is 22.2 Å². The molecule has 0 amide bonds. The van der Waals surface area contributed by atoms with E-state index < -0.39 is 0 Å². The molecule has 0 saturated heterocycles. The van der Waals surface area contributed by atoms with Gasteiger partial charge in [-0.2, -0.15) is 0 Å². The van der Waals surface area contributed by atoms with Gasteiger partial charge in [0, 0.05) is 19.3 Å². The third-order valence-electron chi connectivity index (χ3n) is 2.04. The van der Waals surface area contributed by atoms with E-state index in [1.165, 1.54) is 0 Å². The van der Waals surface area contributed by atoms with Crippen molar-refractivity contribution in [2.75, 3.05) is 44.5 Å². The maximum atomic E-state index is 6.01. The number of nitrogens with one attached hydrogen (secondary N) is 1. The van der Waals surface area contributed by atoms with E-state index in [1.807, 2.05) is 0 Å². The topological polar surface area (TPSA) is 56.5 Å². The number of hydrogen-bond donors (Lipinski definition) is 2. The maximum Gasteiger partial charge on any atom is 0.0721 e. The summed E-state index contributed by atoms with van der Waals surface area (Å²) in [4.78, 5) is 0. The minimum Gasteiger partial charge on any atom is -0.399 e. The largest absolute Gasteiger partial charge is 0.399 e. The quantitative estimate of drug-likeness (QED) is 0.595. The van der Waals surface area contributed by atoms with Gasteiger partial charge in [0.25, 0.3) is 0 Å². The number of hydrogen-bond acceptors (Lipinski definition) is 4. The highest BCUT2D eigenvalue weighted by Gasteiger charge is 2.06. The van der Waals surface area contributed by atoms with Gasteiger partial charge in [0.2, 0.25) is 0 Å². The van der Waals surface area contributed by atoms with E-state index in [0.29, 0.717) is 47.8 Å². The smallest absolute Gasteiger partial charge is 0.0721 e. The Balaban J connectivity index is 2.36. The minimum absolute atomic E-state index is 0.506. The van der Waals surface area contributed by atoms with Crippen molar-refractivity contribution in [2.24, 2.45) is 0 Å². The van der Waals surface area contributed by atoms with E-state index in [1.54, 1.807) is 19.2 Å². The van der Waals surface area contributed by atoms with E-state index >= 15 is 0 Å². The Kier molecular flexibility index (Phi) is 6.44. The first-order valence-electron chi connectivity index (χ1n) is 5.20. The van der Waals surface area contributed by atoms with Crippen LogP contribution in [0, 0.1) is 0 Å². The fourth-order valence-corrected chi connectivity index (χ4v) is 1.89. The number of halogens is 2. The molecule has 6 heteroatoms. The molecule has 0 aliphatic carbocycles. The van der Waals surface area contributed by atoms with Crippen LogP contribution >= 0.6 is 23.2 Å². The van der Waals surface area contributed by atoms with Crippen LogP contribution in [-0.4, -0.2) is 33.5 Å². The third-order valence-corrected chi connectivity index (χ3v) is 2.64. The summed E-state index contributed by atoms with van der Waals surface area (Å²) in [6.45, 7) is 2.33. The third kappa shape index (κ3) is 5.00. The molecule has 0 saturated carbocycles. The van der Waals surface area contributed by atoms with Crippen LogP contribution in [0.2, 0.25) is 10.0 Å². The molecule has 0 heterocycles. The molecule has 0 aliphatic heterocycles. The second kappa shape index (κ2) is 7.61. The van der Waals surface area contributed by atoms with Crippen LogP contribution in [0.3, 0.4) is 0 Å². The first-order chi connectivity index (χ1) is 8.15. The Bertz CT molecular complexity index is 338. The molecule has 0 atom stereocenters. The molecule has 0 spiro atoms. The van der Waals surface area contributed by atoms with E-state index in [4.69, 9.17) is 38.4 Å². The standard InChI is InChI=1S/C11H16Cl2N2O2/c1-16-4-5-17-3-2-15-11-9(12)6-8(14)7-10(11)13/h6-7,15H,2-5,14H2,1H3. The predicted octanol–water partition coefficient (Wildman–Crippen LogP) is 2.65. The Morgan fingerprint density at radius 1 is 1.18 bits per heavy atom. The summed E-state index contributed by atoms with van der Waals surface area (Å²) in [5, 5.41) is 4.11. The van der Waals surface area contributed by atoms with Crippen molar-refractivity contribution in [1.82, 2.24) is 0 Å². The fourth-order valence-electron chi connectivity index (χ4n) is 1.25. The van der Waals surface area contributed by atoms with Gasteiger partial charge < -0.3 is 20.5 Å². The Hall–Kier alpha value is -0.680. The fraction of sp³-hybridized carbons (Fsp3) is 0.455. The molecule has 1 aromatic carbocycles. The van der Waals surface area contributed by atoms with Gasteiger partial charge in [0.1, 0.15) is 0 Å². The summed E-state index contributed by atoms with van der Waals surface area (Å²) in [6, 6.07) is 3.31. The summed E-state index contributed by atoms with van der Waals surface area (Å²) in [6.07, 6.45) is 0. The van der Waals surface area contributed by atoms with Crippen molar-refractivity contribution in [2.45, 2.75) is 0 Å². The van der Waals surface area contributed by atoms with Gasteiger partial charge in [-0.05, 0) is 12.1 Å². The van der Waals surface area contributed by atoms with E-state index in [2.05, 4.69) is 5.32 Å². The van der Waals surface area contributed by atoms with Crippen molar-refractivity contribution in [1.29, 1.82) is 0 Å². The molecule has 1 rings (SSSR count). The average molecular weight is 279 g/mol. The number of benzene rings is 1. The van der Waals surface area contributed by atoms with Gasteiger partial charge in [-0.3, -0.25) is 0 Å². The lowest BCUT2D eigenvalue weighted by Crippen LogP contribution is -2.12. The average Bonchev–Trinajstić information content (AvgIpc) is 2.26. The Morgan fingerprint density at radius 2 is 1.82 bits per heavy atom. The highest BCUT2D eigenvalue weighted by Crippen LogP contribution is 2.32. The van der Waals surface area contributed by atoms with Crippen LogP contribution in [0.25, 0.3) is 0 Å². The van der Waals surface area contributed by atoms with Crippen LogP contribution in [0.5, 0.6) is 0 Å². The SMILES string of the molecule is COCCOCCNc1c(Cl)cc(N)cc1Cl. The molecule has 96 valence electrons. The maximum absolute atomic E-state index is 6.01. The molecule has 0 unspecified atom stereocenters. The van der Waals surface area contributed by atoms with Crippen LogP contribution in [0.1, 0.15) is 0 Å². The number of anilines is 2. The summed E-state index contributed by atoms with van der Waals surface area (Å²) >= 11 is 12.0. The molecular formula is C11H16Cl2N2O2. The molecule has 0 aromatic heterocycles.